The van der Waals surface area contributed by atoms with Gasteiger partial charge in [0.05, 0.1) is 29.6 Å². The second-order valence-electron chi connectivity index (χ2n) is 4.59. The number of hydrogen-bond acceptors (Lipinski definition) is 5. The highest BCUT2D eigenvalue weighted by molar-refractivity contribution is 7.07. The quantitative estimate of drug-likeness (QED) is 0.922. The minimum absolute atomic E-state index is 0.172. The first-order valence-corrected chi connectivity index (χ1v) is 7.26. The van der Waals surface area contributed by atoms with Crippen LogP contribution in [0.15, 0.2) is 21.9 Å². The molecular formula is C12H15ClN4OS. The summed E-state index contributed by atoms with van der Waals surface area (Å²) in [6.07, 6.45) is 1.58. The number of nitrogens with zero attached hydrogens (tertiary/aromatic N) is 3. The van der Waals surface area contributed by atoms with E-state index < -0.39 is 0 Å². The highest BCUT2D eigenvalue weighted by Gasteiger charge is 2.10. The third-order valence-electron chi connectivity index (χ3n) is 2.47. The fourth-order valence-corrected chi connectivity index (χ4v) is 2.35. The molecular weight excluding hydrogens is 284 g/mol. The summed E-state index contributed by atoms with van der Waals surface area (Å²) < 4.78 is 1.39. The molecule has 0 amide bonds. The fourth-order valence-electron chi connectivity index (χ4n) is 1.57. The topological polar surface area (TPSA) is 59.8 Å². The molecule has 0 spiro atoms. The van der Waals surface area contributed by atoms with E-state index in [9.17, 15) is 4.79 Å². The van der Waals surface area contributed by atoms with E-state index in [0.717, 1.165) is 5.69 Å². The van der Waals surface area contributed by atoms with Crippen LogP contribution >= 0.6 is 22.9 Å². The standard InChI is InChI=1S/C12H15ClN4OS/c1-8(2)5-17-12(18)11(13)10(4-16-17)14-3-9-6-19-7-15-9/h4,6-8,14H,3,5H2,1-2H3. The van der Waals surface area contributed by atoms with E-state index in [1.54, 1.807) is 11.7 Å². The highest BCUT2D eigenvalue weighted by atomic mass is 35.5. The maximum atomic E-state index is 12.0. The van der Waals surface area contributed by atoms with Gasteiger partial charge in [0.15, 0.2) is 0 Å². The van der Waals surface area contributed by atoms with Crippen molar-refractivity contribution in [3.8, 4) is 0 Å². The zero-order chi connectivity index (χ0) is 13.8. The number of halogens is 1. The molecule has 0 aromatic carbocycles. The van der Waals surface area contributed by atoms with E-state index in [2.05, 4.69) is 15.4 Å². The van der Waals surface area contributed by atoms with E-state index in [1.807, 2.05) is 19.2 Å². The molecule has 0 unspecified atom stereocenters. The molecule has 5 nitrogen and oxygen atoms in total. The Kier molecular flexibility index (Phi) is 4.55. The molecule has 0 fully saturated rings. The Balaban J connectivity index is 2.14. The summed E-state index contributed by atoms with van der Waals surface area (Å²) in [4.78, 5) is 16.2. The molecule has 0 aliphatic carbocycles. The Morgan fingerprint density at radius 3 is 2.95 bits per heavy atom. The SMILES string of the molecule is CC(C)Cn1ncc(NCc2cscn2)c(Cl)c1=O. The summed E-state index contributed by atoms with van der Waals surface area (Å²) in [7, 11) is 0. The van der Waals surface area contributed by atoms with E-state index in [1.165, 1.54) is 16.0 Å². The summed E-state index contributed by atoms with van der Waals surface area (Å²) in [5, 5.41) is 9.30. The second kappa shape index (κ2) is 6.16. The van der Waals surface area contributed by atoms with Crippen LogP contribution in [0.2, 0.25) is 5.02 Å². The maximum Gasteiger partial charge on any atom is 0.287 e. The normalized spacial score (nSPS) is 10.9. The Morgan fingerprint density at radius 2 is 2.32 bits per heavy atom. The van der Waals surface area contributed by atoms with Gasteiger partial charge >= 0.3 is 0 Å². The van der Waals surface area contributed by atoms with Crippen LogP contribution in [0.3, 0.4) is 0 Å². The van der Waals surface area contributed by atoms with Gasteiger partial charge in [-0.1, -0.05) is 25.4 Å². The predicted molar refractivity (Wildman–Crippen MR) is 77.8 cm³/mol. The minimum Gasteiger partial charge on any atom is -0.377 e. The van der Waals surface area contributed by atoms with Gasteiger partial charge in [-0.25, -0.2) is 9.67 Å². The Bertz CT molecular complexity index is 594. The summed E-state index contributed by atoms with van der Waals surface area (Å²) in [5.41, 5.74) is 2.95. The summed E-state index contributed by atoms with van der Waals surface area (Å²) in [6.45, 7) is 5.14. The number of aromatic nitrogens is 3. The molecule has 2 rings (SSSR count). The zero-order valence-electron chi connectivity index (χ0n) is 10.8. The molecule has 0 atom stereocenters. The van der Waals surface area contributed by atoms with Gasteiger partial charge in [0.1, 0.15) is 5.02 Å². The first-order chi connectivity index (χ1) is 9.08. The van der Waals surface area contributed by atoms with Crippen LogP contribution < -0.4 is 10.9 Å². The Morgan fingerprint density at radius 1 is 1.53 bits per heavy atom. The van der Waals surface area contributed by atoms with Gasteiger partial charge < -0.3 is 5.32 Å². The maximum absolute atomic E-state index is 12.0. The molecule has 0 aliphatic heterocycles. The summed E-state index contributed by atoms with van der Waals surface area (Å²) in [5.74, 6) is 0.343. The summed E-state index contributed by atoms with van der Waals surface area (Å²) >= 11 is 7.59. The van der Waals surface area contributed by atoms with Crippen molar-refractivity contribution in [3.05, 3.63) is 38.2 Å². The van der Waals surface area contributed by atoms with Crippen LogP contribution in [-0.2, 0) is 13.1 Å². The van der Waals surface area contributed by atoms with E-state index in [-0.39, 0.29) is 10.6 Å². The van der Waals surface area contributed by atoms with Gasteiger partial charge in [-0.2, -0.15) is 5.10 Å². The summed E-state index contributed by atoms with van der Waals surface area (Å²) in [6, 6.07) is 0. The van der Waals surface area contributed by atoms with Crippen LogP contribution in [0.5, 0.6) is 0 Å². The van der Waals surface area contributed by atoms with Gasteiger partial charge in [0, 0.05) is 11.9 Å². The average Bonchev–Trinajstić information content (AvgIpc) is 2.87. The number of hydrogen-bond donors (Lipinski definition) is 1. The van der Waals surface area contributed by atoms with E-state index >= 15 is 0 Å². The molecule has 2 aromatic heterocycles. The lowest BCUT2D eigenvalue weighted by Crippen LogP contribution is -2.26. The molecule has 0 aliphatic rings. The van der Waals surface area contributed by atoms with Crippen molar-refractivity contribution < 1.29 is 0 Å². The van der Waals surface area contributed by atoms with Gasteiger partial charge in [-0.05, 0) is 5.92 Å². The first kappa shape index (κ1) is 14.0. The molecule has 0 bridgehead atoms. The average molecular weight is 299 g/mol. The first-order valence-electron chi connectivity index (χ1n) is 5.94. The molecule has 0 saturated carbocycles. The monoisotopic (exact) mass is 298 g/mol. The van der Waals surface area contributed by atoms with E-state index in [4.69, 9.17) is 11.6 Å². The number of thiazole rings is 1. The predicted octanol–water partition coefficient (Wildman–Crippen LogP) is 2.62. The third-order valence-corrected chi connectivity index (χ3v) is 3.47. The van der Waals surface area contributed by atoms with Gasteiger partial charge in [-0.3, -0.25) is 4.79 Å². The Labute approximate surface area is 120 Å². The second-order valence-corrected chi connectivity index (χ2v) is 5.68. The number of rotatable bonds is 5. The van der Waals surface area contributed by atoms with Crippen molar-refractivity contribution in [1.29, 1.82) is 0 Å². The zero-order valence-corrected chi connectivity index (χ0v) is 12.3. The van der Waals surface area contributed by atoms with Crippen molar-refractivity contribution in [2.75, 3.05) is 5.32 Å². The van der Waals surface area contributed by atoms with Crippen molar-refractivity contribution in [2.45, 2.75) is 26.9 Å². The van der Waals surface area contributed by atoms with Crippen molar-refractivity contribution in [1.82, 2.24) is 14.8 Å². The molecule has 7 heteroatoms. The molecule has 102 valence electrons. The van der Waals surface area contributed by atoms with Gasteiger partial charge in [0.2, 0.25) is 0 Å². The lowest BCUT2D eigenvalue weighted by Gasteiger charge is -2.10. The van der Waals surface area contributed by atoms with Crippen LogP contribution in [0.4, 0.5) is 5.69 Å². The van der Waals surface area contributed by atoms with Crippen molar-refractivity contribution in [2.24, 2.45) is 5.92 Å². The number of nitrogens with one attached hydrogen (secondary N) is 1. The van der Waals surface area contributed by atoms with Crippen molar-refractivity contribution >= 4 is 28.6 Å². The smallest absolute Gasteiger partial charge is 0.287 e. The van der Waals surface area contributed by atoms with Crippen LogP contribution in [-0.4, -0.2) is 14.8 Å². The van der Waals surface area contributed by atoms with E-state index in [0.29, 0.717) is 24.7 Å². The fraction of sp³-hybridized carbons (Fsp3) is 0.417. The molecule has 19 heavy (non-hydrogen) atoms. The molecule has 0 radical (unpaired) electrons. The van der Waals surface area contributed by atoms with Crippen LogP contribution in [0.25, 0.3) is 0 Å². The lowest BCUT2D eigenvalue weighted by atomic mass is 10.2. The third kappa shape index (κ3) is 3.54. The van der Waals surface area contributed by atoms with Gasteiger partial charge in [-0.15, -0.1) is 11.3 Å². The molecule has 1 N–H and O–H groups in total. The minimum atomic E-state index is -0.265. The van der Waals surface area contributed by atoms with Crippen LogP contribution in [0, 0.1) is 5.92 Å². The number of anilines is 1. The molecule has 0 saturated heterocycles. The van der Waals surface area contributed by atoms with Gasteiger partial charge in [0.25, 0.3) is 5.56 Å². The van der Waals surface area contributed by atoms with Crippen LogP contribution in [0.1, 0.15) is 19.5 Å². The lowest BCUT2D eigenvalue weighted by molar-refractivity contribution is 0.464. The highest BCUT2D eigenvalue weighted by Crippen LogP contribution is 2.16. The molecule has 2 aromatic rings. The molecule has 2 heterocycles. The largest absolute Gasteiger partial charge is 0.377 e. The Hall–Kier alpha value is -1.40. The van der Waals surface area contributed by atoms with Crippen molar-refractivity contribution in [3.63, 3.8) is 0 Å².